The van der Waals surface area contributed by atoms with Crippen LogP contribution >= 0.6 is 0 Å². The lowest BCUT2D eigenvalue weighted by atomic mass is 10.2. The van der Waals surface area contributed by atoms with Gasteiger partial charge in [-0.25, -0.2) is 17.1 Å². The molecule has 0 aromatic heterocycles. The molecule has 0 atom stereocenters. The quantitative estimate of drug-likeness (QED) is 0.785. The maximum absolute atomic E-state index is 13.1. The Kier molecular flexibility index (Phi) is 6.12. The van der Waals surface area contributed by atoms with E-state index in [9.17, 15) is 17.6 Å². The van der Waals surface area contributed by atoms with E-state index in [1.54, 1.807) is 6.07 Å². The van der Waals surface area contributed by atoms with Crippen molar-refractivity contribution >= 4 is 27.7 Å². The first-order valence-electron chi connectivity index (χ1n) is 7.59. The minimum atomic E-state index is -3.74. The van der Waals surface area contributed by atoms with Crippen molar-refractivity contribution in [3.63, 3.8) is 0 Å². The van der Waals surface area contributed by atoms with Gasteiger partial charge < -0.3 is 10.1 Å². The van der Waals surface area contributed by atoms with Gasteiger partial charge in [-0.1, -0.05) is 12.1 Å². The minimum absolute atomic E-state index is 0.0584. The van der Waals surface area contributed by atoms with Crippen LogP contribution in [0.25, 0.3) is 6.08 Å². The molecule has 0 aliphatic carbocycles. The Labute approximate surface area is 151 Å². The Morgan fingerprint density at radius 2 is 1.92 bits per heavy atom. The van der Waals surface area contributed by atoms with Crippen LogP contribution in [0.5, 0.6) is 5.75 Å². The van der Waals surface area contributed by atoms with E-state index in [0.29, 0.717) is 11.3 Å². The van der Waals surface area contributed by atoms with Crippen LogP contribution in [0.1, 0.15) is 5.56 Å². The number of carbonyl (C=O) groups excluding carboxylic acids is 1. The van der Waals surface area contributed by atoms with Gasteiger partial charge in [-0.3, -0.25) is 4.79 Å². The van der Waals surface area contributed by atoms with Gasteiger partial charge in [0.15, 0.2) is 0 Å². The van der Waals surface area contributed by atoms with Gasteiger partial charge in [-0.05, 0) is 42.0 Å². The molecular formula is C18H19FN2O4S. The van der Waals surface area contributed by atoms with Gasteiger partial charge in [0.05, 0.1) is 7.11 Å². The molecule has 0 heterocycles. The highest BCUT2D eigenvalue weighted by Gasteiger charge is 2.22. The molecular weight excluding hydrogens is 359 g/mol. The maximum Gasteiger partial charge on any atom is 0.248 e. The summed E-state index contributed by atoms with van der Waals surface area (Å²) in [5, 5.41) is 2.57. The number of nitrogens with zero attached hydrogens (tertiary/aromatic N) is 1. The van der Waals surface area contributed by atoms with Crippen molar-refractivity contribution in [1.29, 1.82) is 0 Å². The third-order valence-electron chi connectivity index (χ3n) is 3.47. The van der Waals surface area contributed by atoms with Crippen LogP contribution in [0.4, 0.5) is 10.1 Å². The molecule has 26 heavy (non-hydrogen) atoms. The molecule has 2 rings (SSSR count). The van der Waals surface area contributed by atoms with Crippen molar-refractivity contribution < 1.29 is 22.3 Å². The summed E-state index contributed by atoms with van der Waals surface area (Å²) >= 11 is 0. The number of methoxy groups -OCH3 is 1. The van der Waals surface area contributed by atoms with Gasteiger partial charge in [0.1, 0.15) is 16.5 Å². The Morgan fingerprint density at radius 1 is 1.19 bits per heavy atom. The summed E-state index contributed by atoms with van der Waals surface area (Å²) in [4.78, 5) is 12.0. The van der Waals surface area contributed by atoms with E-state index >= 15 is 0 Å². The number of ether oxygens (including phenoxy) is 1. The second-order valence-corrected chi connectivity index (χ2v) is 7.65. The van der Waals surface area contributed by atoms with E-state index in [2.05, 4.69) is 5.32 Å². The fourth-order valence-corrected chi connectivity index (χ4v) is 3.19. The van der Waals surface area contributed by atoms with Crippen LogP contribution in [0.15, 0.2) is 53.4 Å². The normalized spacial score (nSPS) is 11.7. The molecule has 0 radical (unpaired) electrons. The number of hydrogen-bond acceptors (Lipinski definition) is 4. The van der Waals surface area contributed by atoms with E-state index < -0.39 is 21.7 Å². The van der Waals surface area contributed by atoms with E-state index in [1.165, 1.54) is 69.8 Å². The zero-order valence-corrected chi connectivity index (χ0v) is 15.4. The van der Waals surface area contributed by atoms with Crippen LogP contribution in [0.2, 0.25) is 0 Å². The largest absolute Gasteiger partial charge is 0.495 e. The monoisotopic (exact) mass is 378 g/mol. The molecule has 0 aliphatic heterocycles. The number of benzene rings is 2. The molecule has 0 fully saturated rings. The van der Waals surface area contributed by atoms with Crippen LogP contribution in [0.3, 0.4) is 0 Å². The number of anilines is 1. The fraction of sp³-hybridized carbons (Fsp3) is 0.167. The first kappa shape index (κ1) is 19.6. The average Bonchev–Trinajstić information content (AvgIpc) is 2.60. The molecule has 0 bridgehead atoms. The Morgan fingerprint density at radius 3 is 2.54 bits per heavy atom. The Balaban J connectivity index is 2.23. The molecule has 0 aliphatic rings. The summed E-state index contributed by atoms with van der Waals surface area (Å²) < 4.78 is 44.0. The Hall–Kier alpha value is -2.71. The van der Waals surface area contributed by atoms with Crippen molar-refractivity contribution in [2.75, 3.05) is 26.5 Å². The molecule has 8 heteroatoms. The lowest BCUT2D eigenvalue weighted by molar-refractivity contribution is -0.111. The van der Waals surface area contributed by atoms with E-state index in [0.717, 1.165) is 4.31 Å². The van der Waals surface area contributed by atoms with Gasteiger partial charge in [0.2, 0.25) is 15.9 Å². The summed E-state index contributed by atoms with van der Waals surface area (Å²) in [6.07, 6.45) is 2.69. The standard InChI is InChI=1S/C18H19FN2O4S/c1-21(2)26(23,24)17-12-15(8-9-16(17)25-3)20-18(22)10-7-13-5-4-6-14(19)11-13/h4-12H,1-3H3,(H,20,22)/b10-7+. The van der Waals surface area contributed by atoms with Crippen molar-refractivity contribution in [2.45, 2.75) is 4.90 Å². The lowest BCUT2D eigenvalue weighted by Crippen LogP contribution is -2.23. The fourth-order valence-electron chi connectivity index (χ4n) is 2.12. The first-order chi connectivity index (χ1) is 12.2. The highest BCUT2D eigenvalue weighted by molar-refractivity contribution is 7.89. The van der Waals surface area contributed by atoms with Crippen LogP contribution < -0.4 is 10.1 Å². The van der Waals surface area contributed by atoms with Crippen LogP contribution in [-0.2, 0) is 14.8 Å². The topological polar surface area (TPSA) is 75.7 Å². The number of carbonyl (C=O) groups is 1. The number of sulfonamides is 1. The van der Waals surface area contributed by atoms with Gasteiger partial charge in [-0.15, -0.1) is 0 Å². The molecule has 2 aromatic rings. The highest BCUT2D eigenvalue weighted by Crippen LogP contribution is 2.28. The number of halogens is 1. The van der Waals surface area contributed by atoms with Gasteiger partial charge in [0.25, 0.3) is 0 Å². The van der Waals surface area contributed by atoms with Crippen LogP contribution in [0, 0.1) is 5.82 Å². The van der Waals surface area contributed by atoms with Crippen molar-refractivity contribution in [3.8, 4) is 5.75 Å². The first-order valence-corrected chi connectivity index (χ1v) is 9.03. The molecule has 6 nitrogen and oxygen atoms in total. The van der Waals surface area contributed by atoms with Crippen molar-refractivity contribution in [3.05, 3.63) is 59.9 Å². The van der Waals surface area contributed by atoms with Crippen LogP contribution in [-0.4, -0.2) is 39.8 Å². The SMILES string of the molecule is COc1ccc(NC(=O)/C=C/c2cccc(F)c2)cc1S(=O)(=O)N(C)C. The van der Waals surface area contributed by atoms with Gasteiger partial charge >= 0.3 is 0 Å². The highest BCUT2D eigenvalue weighted by atomic mass is 32.2. The number of hydrogen-bond donors (Lipinski definition) is 1. The third kappa shape index (κ3) is 4.68. The predicted octanol–water partition coefficient (Wildman–Crippen LogP) is 2.74. The molecule has 0 saturated heterocycles. The number of rotatable bonds is 6. The Bertz CT molecular complexity index is 940. The molecule has 0 spiro atoms. The maximum atomic E-state index is 13.1. The van der Waals surface area contributed by atoms with E-state index in [1.807, 2.05) is 0 Å². The average molecular weight is 378 g/mol. The van der Waals surface area contributed by atoms with Crippen molar-refractivity contribution in [1.82, 2.24) is 4.31 Å². The molecule has 0 saturated carbocycles. The van der Waals surface area contributed by atoms with Gasteiger partial charge in [0, 0.05) is 25.9 Å². The van der Waals surface area contributed by atoms with Gasteiger partial charge in [-0.2, -0.15) is 0 Å². The van der Waals surface area contributed by atoms with Crippen molar-refractivity contribution in [2.24, 2.45) is 0 Å². The third-order valence-corrected chi connectivity index (χ3v) is 5.30. The van der Waals surface area contributed by atoms with E-state index in [-0.39, 0.29) is 10.6 Å². The summed E-state index contributed by atoms with van der Waals surface area (Å²) in [6.45, 7) is 0. The predicted molar refractivity (Wildman–Crippen MR) is 97.9 cm³/mol. The zero-order valence-electron chi connectivity index (χ0n) is 14.6. The van der Waals surface area contributed by atoms with E-state index in [4.69, 9.17) is 4.74 Å². The second kappa shape index (κ2) is 8.11. The molecule has 1 N–H and O–H groups in total. The number of nitrogens with one attached hydrogen (secondary N) is 1. The number of amides is 1. The molecule has 1 amide bonds. The summed E-state index contributed by atoms with van der Waals surface area (Å²) in [6, 6.07) is 10.1. The minimum Gasteiger partial charge on any atom is -0.495 e. The molecule has 0 unspecified atom stereocenters. The summed E-state index contributed by atoms with van der Waals surface area (Å²) in [7, 11) is 0.433. The summed E-state index contributed by atoms with van der Waals surface area (Å²) in [5.74, 6) is -0.708. The lowest BCUT2D eigenvalue weighted by Gasteiger charge is -2.15. The molecule has 2 aromatic carbocycles. The summed E-state index contributed by atoms with van der Waals surface area (Å²) in [5.41, 5.74) is 0.825. The smallest absolute Gasteiger partial charge is 0.248 e. The zero-order chi connectivity index (χ0) is 19.3. The second-order valence-electron chi connectivity index (χ2n) is 5.53. The molecule has 138 valence electrons.